The molecule has 0 aliphatic carbocycles. The van der Waals surface area contributed by atoms with Crippen molar-refractivity contribution in [3.8, 4) is 0 Å². The lowest BCUT2D eigenvalue weighted by Gasteiger charge is -2.10. The zero-order valence-corrected chi connectivity index (χ0v) is 10.5. The first-order valence-electron chi connectivity index (χ1n) is 5.16. The van der Waals surface area contributed by atoms with Crippen molar-refractivity contribution in [2.24, 2.45) is 0 Å². The number of sulfone groups is 1. The fraction of sp³-hybridized carbons (Fsp3) is 0.455. The van der Waals surface area contributed by atoms with Crippen LogP contribution in [0.1, 0.15) is 12.5 Å². The molecular weight excluding hydrogens is 248 g/mol. The largest absolute Gasteiger partial charge is 0.341 e. The number of halogens is 2. The van der Waals surface area contributed by atoms with E-state index in [0.29, 0.717) is 6.42 Å². The minimum atomic E-state index is -4.48. The van der Waals surface area contributed by atoms with E-state index >= 15 is 0 Å². The number of hydrogen-bond donors (Lipinski definition) is 1. The highest BCUT2D eigenvalue weighted by Crippen LogP contribution is 2.18. The van der Waals surface area contributed by atoms with Crippen molar-refractivity contribution in [2.45, 2.75) is 30.0 Å². The van der Waals surface area contributed by atoms with Gasteiger partial charge in [-0.2, -0.15) is 8.78 Å². The monoisotopic (exact) mass is 263 g/mol. The Morgan fingerprint density at radius 1 is 1.24 bits per heavy atom. The lowest BCUT2D eigenvalue weighted by Crippen LogP contribution is -2.23. The van der Waals surface area contributed by atoms with Crippen LogP contribution in [-0.2, 0) is 16.3 Å². The Balaban J connectivity index is 2.89. The smallest absolute Gasteiger partial charge is 0.317 e. The summed E-state index contributed by atoms with van der Waals surface area (Å²) in [5, 5.41) is 3.04. The summed E-state index contributed by atoms with van der Waals surface area (Å²) >= 11 is 0. The summed E-state index contributed by atoms with van der Waals surface area (Å²) in [5.74, 6) is -3.37. The first-order chi connectivity index (χ1) is 7.87. The van der Waals surface area contributed by atoms with Gasteiger partial charge in [0, 0.05) is 6.04 Å². The average molecular weight is 263 g/mol. The number of likely N-dealkylation sites (N-methyl/N-ethyl adjacent to an activating group) is 1. The lowest BCUT2D eigenvalue weighted by molar-refractivity contribution is 0.234. The molecule has 0 saturated heterocycles. The lowest BCUT2D eigenvalue weighted by atomic mass is 10.1. The van der Waals surface area contributed by atoms with E-state index in [1.165, 1.54) is 12.1 Å². The van der Waals surface area contributed by atoms with Crippen molar-refractivity contribution in [1.82, 2.24) is 5.32 Å². The minimum Gasteiger partial charge on any atom is -0.317 e. The molecule has 0 aromatic heterocycles. The predicted molar refractivity (Wildman–Crippen MR) is 61.9 cm³/mol. The van der Waals surface area contributed by atoms with Crippen molar-refractivity contribution in [2.75, 3.05) is 7.05 Å². The zero-order chi connectivity index (χ0) is 13.1. The maximum absolute atomic E-state index is 12.3. The van der Waals surface area contributed by atoms with Crippen LogP contribution in [-0.4, -0.2) is 27.3 Å². The summed E-state index contributed by atoms with van der Waals surface area (Å²) in [5.41, 5.74) is 0.903. The number of benzene rings is 1. The van der Waals surface area contributed by atoms with E-state index in [4.69, 9.17) is 0 Å². The normalized spacial score (nSPS) is 13.9. The molecule has 0 bridgehead atoms. The summed E-state index contributed by atoms with van der Waals surface area (Å²) < 4.78 is 46.8. The molecule has 1 atom stereocenters. The molecule has 0 saturated carbocycles. The second kappa shape index (κ2) is 5.55. The molecule has 0 spiro atoms. The van der Waals surface area contributed by atoms with Gasteiger partial charge < -0.3 is 5.32 Å². The summed E-state index contributed by atoms with van der Waals surface area (Å²) in [6.07, 6.45) is 0.714. The van der Waals surface area contributed by atoms with Gasteiger partial charge in [-0.1, -0.05) is 12.1 Å². The molecule has 96 valence electrons. The SMILES string of the molecule is CNC(C)Cc1ccc(S(=O)(=O)C(F)F)cc1. The summed E-state index contributed by atoms with van der Waals surface area (Å²) in [4.78, 5) is -0.339. The Kier molecular flexibility index (Phi) is 4.59. The fourth-order valence-electron chi connectivity index (χ4n) is 1.37. The Labute approximate surface area is 99.8 Å². The third-order valence-electron chi connectivity index (χ3n) is 2.52. The van der Waals surface area contributed by atoms with Crippen LogP contribution in [0.25, 0.3) is 0 Å². The molecule has 1 aromatic carbocycles. The first kappa shape index (κ1) is 14.1. The fourth-order valence-corrected chi connectivity index (χ4v) is 2.09. The molecule has 0 radical (unpaired) electrons. The van der Waals surface area contributed by atoms with E-state index in [-0.39, 0.29) is 10.9 Å². The summed E-state index contributed by atoms with van der Waals surface area (Å²) in [6.45, 7) is 1.98. The second-order valence-electron chi connectivity index (χ2n) is 3.84. The van der Waals surface area contributed by atoms with E-state index in [9.17, 15) is 17.2 Å². The van der Waals surface area contributed by atoms with Gasteiger partial charge in [0.05, 0.1) is 4.90 Å². The summed E-state index contributed by atoms with van der Waals surface area (Å²) in [6, 6.07) is 5.80. The Bertz CT molecular complexity index is 457. The molecule has 0 amide bonds. The van der Waals surface area contributed by atoms with Crippen LogP contribution in [0.3, 0.4) is 0 Å². The molecule has 17 heavy (non-hydrogen) atoms. The summed E-state index contributed by atoms with van der Waals surface area (Å²) in [7, 11) is -2.66. The van der Waals surface area contributed by atoms with Gasteiger partial charge in [-0.15, -0.1) is 0 Å². The Hall–Kier alpha value is -1.01. The second-order valence-corrected chi connectivity index (χ2v) is 5.76. The van der Waals surface area contributed by atoms with Gasteiger partial charge in [-0.05, 0) is 38.1 Å². The highest BCUT2D eigenvalue weighted by atomic mass is 32.2. The van der Waals surface area contributed by atoms with Crippen LogP contribution in [0.4, 0.5) is 8.78 Å². The van der Waals surface area contributed by atoms with Gasteiger partial charge in [0.25, 0.3) is 0 Å². The highest BCUT2D eigenvalue weighted by molar-refractivity contribution is 7.91. The molecular formula is C11H15F2NO2S. The van der Waals surface area contributed by atoms with Gasteiger partial charge in [0.1, 0.15) is 0 Å². The number of rotatable bonds is 5. The van der Waals surface area contributed by atoms with Gasteiger partial charge in [0.15, 0.2) is 0 Å². The van der Waals surface area contributed by atoms with Crippen LogP contribution in [0.2, 0.25) is 0 Å². The van der Waals surface area contributed by atoms with E-state index in [1.54, 1.807) is 12.1 Å². The van der Waals surface area contributed by atoms with Crippen molar-refractivity contribution >= 4 is 9.84 Å². The third-order valence-corrected chi connectivity index (χ3v) is 3.92. The first-order valence-corrected chi connectivity index (χ1v) is 6.71. The average Bonchev–Trinajstić information content (AvgIpc) is 2.29. The molecule has 1 unspecified atom stereocenters. The van der Waals surface area contributed by atoms with Crippen LogP contribution in [0, 0.1) is 0 Å². The van der Waals surface area contributed by atoms with Gasteiger partial charge in [0.2, 0.25) is 9.84 Å². The van der Waals surface area contributed by atoms with Crippen LogP contribution in [0.15, 0.2) is 29.2 Å². The third kappa shape index (κ3) is 3.47. The maximum Gasteiger partial charge on any atom is 0.341 e. The quantitative estimate of drug-likeness (QED) is 0.881. The molecule has 1 rings (SSSR count). The molecule has 0 aliphatic rings. The van der Waals surface area contributed by atoms with Crippen molar-refractivity contribution in [3.63, 3.8) is 0 Å². The topological polar surface area (TPSA) is 46.2 Å². The minimum absolute atomic E-state index is 0.243. The van der Waals surface area contributed by atoms with Crippen molar-refractivity contribution in [1.29, 1.82) is 0 Å². The molecule has 1 N–H and O–H groups in total. The molecule has 1 aromatic rings. The molecule has 0 fully saturated rings. The zero-order valence-electron chi connectivity index (χ0n) is 9.65. The Morgan fingerprint density at radius 3 is 2.18 bits per heavy atom. The van der Waals surface area contributed by atoms with Crippen molar-refractivity contribution < 1.29 is 17.2 Å². The van der Waals surface area contributed by atoms with Gasteiger partial charge in [-0.3, -0.25) is 0 Å². The number of nitrogens with one attached hydrogen (secondary N) is 1. The predicted octanol–water partition coefficient (Wildman–Crippen LogP) is 1.83. The van der Waals surface area contributed by atoms with E-state index in [0.717, 1.165) is 5.56 Å². The van der Waals surface area contributed by atoms with Crippen molar-refractivity contribution in [3.05, 3.63) is 29.8 Å². The Morgan fingerprint density at radius 2 is 1.76 bits per heavy atom. The van der Waals surface area contributed by atoms with Gasteiger partial charge >= 0.3 is 5.76 Å². The molecule has 0 aliphatic heterocycles. The van der Waals surface area contributed by atoms with Crippen LogP contribution >= 0.6 is 0 Å². The van der Waals surface area contributed by atoms with Crippen LogP contribution < -0.4 is 5.32 Å². The maximum atomic E-state index is 12.3. The number of hydrogen-bond acceptors (Lipinski definition) is 3. The van der Waals surface area contributed by atoms with Gasteiger partial charge in [-0.25, -0.2) is 8.42 Å². The highest BCUT2D eigenvalue weighted by Gasteiger charge is 2.26. The molecule has 0 heterocycles. The standard InChI is InChI=1S/C11H15F2NO2S/c1-8(14-2)7-9-3-5-10(6-4-9)17(15,16)11(12)13/h3-6,8,11,14H,7H2,1-2H3. The van der Waals surface area contributed by atoms with E-state index in [2.05, 4.69) is 5.32 Å². The molecule has 3 nitrogen and oxygen atoms in total. The molecule has 6 heteroatoms. The van der Waals surface area contributed by atoms with E-state index in [1.807, 2.05) is 14.0 Å². The number of alkyl halides is 2. The van der Waals surface area contributed by atoms with Crippen LogP contribution in [0.5, 0.6) is 0 Å². The van der Waals surface area contributed by atoms with E-state index < -0.39 is 15.6 Å².